The lowest BCUT2D eigenvalue weighted by atomic mass is 10.1. The van der Waals surface area contributed by atoms with Crippen molar-refractivity contribution >= 4 is 23.6 Å². The number of nitrogens with one attached hydrogen (secondary N) is 2. The Balaban J connectivity index is 1.76. The highest BCUT2D eigenvalue weighted by molar-refractivity contribution is 7.99. The zero-order chi connectivity index (χ0) is 16.7. The fraction of sp³-hybridized carbons (Fsp3) is 0.500. The number of amides is 2. The summed E-state index contributed by atoms with van der Waals surface area (Å²) in [6.07, 6.45) is 2.53. The van der Waals surface area contributed by atoms with Crippen molar-refractivity contribution in [2.45, 2.75) is 31.1 Å². The number of ether oxygens (including phenoxy) is 1. The van der Waals surface area contributed by atoms with Crippen LogP contribution in [0.2, 0.25) is 0 Å². The Bertz CT molecular complexity index is 568. The Labute approximate surface area is 139 Å². The van der Waals surface area contributed by atoms with Gasteiger partial charge >= 0.3 is 0 Å². The number of carbonyl (C=O) groups excluding carboxylic acids is 2. The highest BCUT2D eigenvalue weighted by Crippen LogP contribution is 2.20. The van der Waals surface area contributed by atoms with Crippen molar-refractivity contribution in [3.05, 3.63) is 29.6 Å². The van der Waals surface area contributed by atoms with Crippen LogP contribution in [0.5, 0.6) is 5.75 Å². The lowest BCUT2D eigenvalue weighted by molar-refractivity contribution is -0.127. The van der Waals surface area contributed by atoms with Gasteiger partial charge in [0.2, 0.25) is 11.8 Å². The van der Waals surface area contributed by atoms with Crippen LogP contribution >= 0.6 is 11.8 Å². The van der Waals surface area contributed by atoms with Gasteiger partial charge in [-0.2, -0.15) is 0 Å². The van der Waals surface area contributed by atoms with E-state index in [1.165, 1.54) is 24.9 Å². The van der Waals surface area contributed by atoms with Crippen LogP contribution < -0.4 is 15.4 Å². The number of rotatable bonds is 6. The predicted molar refractivity (Wildman–Crippen MR) is 87.9 cm³/mol. The molecule has 0 aliphatic carbocycles. The average molecular weight is 340 g/mol. The van der Waals surface area contributed by atoms with Gasteiger partial charge in [-0.15, -0.1) is 11.8 Å². The zero-order valence-electron chi connectivity index (χ0n) is 13.1. The van der Waals surface area contributed by atoms with E-state index in [1.54, 1.807) is 12.1 Å². The van der Waals surface area contributed by atoms with E-state index in [0.717, 1.165) is 18.4 Å². The van der Waals surface area contributed by atoms with Crippen molar-refractivity contribution < 1.29 is 18.7 Å². The molecule has 1 aromatic carbocycles. The molecule has 0 saturated carbocycles. The first-order valence-corrected chi connectivity index (χ1v) is 8.73. The minimum Gasteiger partial charge on any atom is -0.494 e. The summed E-state index contributed by atoms with van der Waals surface area (Å²) in [4.78, 5) is 23.7. The van der Waals surface area contributed by atoms with E-state index in [0.29, 0.717) is 18.7 Å². The largest absolute Gasteiger partial charge is 0.494 e. The zero-order valence-corrected chi connectivity index (χ0v) is 13.9. The van der Waals surface area contributed by atoms with E-state index in [4.69, 9.17) is 4.74 Å². The predicted octanol–water partition coefficient (Wildman–Crippen LogP) is 1.85. The van der Waals surface area contributed by atoms with Crippen molar-refractivity contribution in [3.8, 4) is 5.75 Å². The number of methoxy groups -OCH3 is 1. The summed E-state index contributed by atoms with van der Waals surface area (Å²) in [6, 6.07) is 4.30. The number of thioether (sulfide) groups is 1. The van der Waals surface area contributed by atoms with E-state index in [9.17, 15) is 14.0 Å². The van der Waals surface area contributed by atoms with Crippen LogP contribution in [0.1, 0.15) is 24.8 Å². The molecule has 1 heterocycles. The standard InChI is InChI=1S/C16H21FN2O3S/c1-22-14-6-5-11(8-12(14)17)9-23-10-15(20)19-13-4-2-3-7-18-16(13)21/h5-6,8,13H,2-4,7,9-10H2,1H3,(H,18,21)(H,19,20)/t13-/m1/s1. The number of halogens is 1. The second kappa shape index (κ2) is 8.76. The van der Waals surface area contributed by atoms with Gasteiger partial charge in [0.15, 0.2) is 11.6 Å². The van der Waals surface area contributed by atoms with Gasteiger partial charge in [0.25, 0.3) is 0 Å². The molecule has 0 radical (unpaired) electrons. The van der Waals surface area contributed by atoms with Gasteiger partial charge in [-0.3, -0.25) is 9.59 Å². The second-order valence-corrected chi connectivity index (χ2v) is 6.35. The highest BCUT2D eigenvalue weighted by atomic mass is 32.2. The number of carbonyl (C=O) groups is 2. The Hall–Kier alpha value is -1.76. The first-order chi connectivity index (χ1) is 11.1. The van der Waals surface area contributed by atoms with Crippen LogP contribution in [-0.2, 0) is 15.3 Å². The smallest absolute Gasteiger partial charge is 0.242 e. The molecule has 0 aromatic heterocycles. The van der Waals surface area contributed by atoms with Crippen molar-refractivity contribution in [3.63, 3.8) is 0 Å². The SMILES string of the molecule is COc1ccc(CSCC(=O)N[C@@H]2CCCCNC2=O)cc1F. The first-order valence-electron chi connectivity index (χ1n) is 7.57. The third-order valence-electron chi connectivity index (χ3n) is 3.59. The molecule has 7 heteroatoms. The van der Waals surface area contributed by atoms with Gasteiger partial charge in [-0.05, 0) is 37.0 Å². The molecule has 1 fully saturated rings. The number of hydrogen-bond donors (Lipinski definition) is 2. The minimum atomic E-state index is -0.441. The van der Waals surface area contributed by atoms with E-state index in [1.807, 2.05) is 0 Å². The van der Waals surface area contributed by atoms with Gasteiger partial charge in [0, 0.05) is 12.3 Å². The summed E-state index contributed by atoms with van der Waals surface area (Å²) in [7, 11) is 1.42. The summed E-state index contributed by atoms with van der Waals surface area (Å²) >= 11 is 1.38. The second-order valence-electron chi connectivity index (χ2n) is 5.37. The van der Waals surface area contributed by atoms with Crippen LogP contribution in [0.25, 0.3) is 0 Å². The molecule has 1 aliphatic rings. The minimum absolute atomic E-state index is 0.113. The Morgan fingerprint density at radius 1 is 1.48 bits per heavy atom. The van der Waals surface area contributed by atoms with Crippen LogP contribution in [0.4, 0.5) is 4.39 Å². The van der Waals surface area contributed by atoms with E-state index >= 15 is 0 Å². The quantitative estimate of drug-likeness (QED) is 0.829. The molecule has 2 amide bonds. The molecule has 2 rings (SSSR count). The van der Waals surface area contributed by atoms with E-state index in [2.05, 4.69) is 10.6 Å². The molecule has 23 heavy (non-hydrogen) atoms. The molecule has 1 saturated heterocycles. The van der Waals surface area contributed by atoms with Crippen LogP contribution in [0.15, 0.2) is 18.2 Å². The maximum absolute atomic E-state index is 13.6. The summed E-state index contributed by atoms with van der Waals surface area (Å²) in [5.74, 6) is 0.257. The summed E-state index contributed by atoms with van der Waals surface area (Å²) in [5, 5.41) is 5.54. The third-order valence-corrected chi connectivity index (χ3v) is 4.59. The molecule has 1 aromatic rings. The monoisotopic (exact) mass is 340 g/mol. The molecular weight excluding hydrogens is 319 g/mol. The van der Waals surface area contributed by atoms with Crippen LogP contribution in [0, 0.1) is 5.82 Å². The van der Waals surface area contributed by atoms with Crippen molar-refractivity contribution in [1.82, 2.24) is 10.6 Å². The van der Waals surface area contributed by atoms with Gasteiger partial charge in [-0.25, -0.2) is 4.39 Å². The molecule has 1 aliphatic heterocycles. The van der Waals surface area contributed by atoms with Crippen molar-refractivity contribution in [1.29, 1.82) is 0 Å². The molecule has 0 spiro atoms. The molecule has 1 atom stereocenters. The lowest BCUT2D eigenvalue weighted by Crippen LogP contribution is -2.46. The van der Waals surface area contributed by atoms with Crippen molar-refractivity contribution in [2.75, 3.05) is 19.4 Å². The van der Waals surface area contributed by atoms with Gasteiger partial charge in [0.05, 0.1) is 12.9 Å². The summed E-state index contributed by atoms with van der Waals surface area (Å²) in [5.41, 5.74) is 0.785. The third kappa shape index (κ3) is 5.42. The Kier molecular flexibility index (Phi) is 6.70. The number of benzene rings is 1. The van der Waals surface area contributed by atoms with E-state index < -0.39 is 11.9 Å². The molecule has 2 N–H and O–H groups in total. The molecule has 0 bridgehead atoms. The fourth-order valence-electron chi connectivity index (χ4n) is 2.37. The molecule has 126 valence electrons. The molecular formula is C16H21FN2O3S. The molecule has 0 unspecified atom stereocenters. The Morgan fingerprint density at radius 2 is 2.30 bits per heavy atom. The highest BCUT2D eigenvalue weighted by Gasteiger charge is 2.22. The first kappa shape index (κ1) is 17.6. The fourth-order valence-corrected chi connectivity index (χ4v) is 3.16. The lowest BCUT2D eigenvalue weighted by Gasteiger charge is -2.15. The van der Waals surface area contributed by atoms with Gasteiger partial charge in [-0.1, -0.05) is 6.07 Å². The normalized spacial score (nSPS) is 18.0. The van der Waals surface area contributed by atoms with Crippen LogP contribution in [0.3, 0.4) is 0 Å². The maximum Gasteiger partial charge on any atom is 0.242 e. The van der Waals surface area contributed by atoms with Crippen LogP contribution in [-0.4, -0.2) is 37.3 Å². The average Bonchev–Trinajstić information content (AvgIpc) is 2.72. The number of hydrogen-bond acceptors (Lipinski definition) is 4. The van der Waals surface area contributed by atoms with Crippen molar-refractivity contribution in [2.24, 2.45) is 0 Å². The summed E-state index contributed by atoms with van der Waals surface area (Å²) < 4.78 is 18.4. The van der Waals surface area contributed by atoms with Gasteiger partial charge < -0.3 is 15.4 Å². The Morgan fingerprint density at radius 3 is 3.04 bits per heavy atom. The summed E-state index contributed by atoms with van der Waals surface area (Å²) in [6.45, 7) is 0.670. The van der Waals surface area contributed by atoms with E-state index in [-0.39, 0.29) is 23.3 Å². The van der Waals surface area contributed by atoms with Gasteiger partial charge in [0.1, 0.15) is 6.04 Å². The maximum atomic E-state index is 13.6. The topological polar surface area (TPSA) is 67.4 Å². The molecule has 5 nitrogen and oxygen atoms in total.